The Morgan fingerprint density at radius 2 is 1.10 bits per heavy atom. The van der Waals surface area contributed by atoms with Gasteiger partial charge in [0.2, 0.25) is 20.0 Å². The van der Waals surface area contributed by atoms with Gasteiger partial charge < -0.3 is 34.1 Å². The van der Waals surface area contributed by atoms with Crippen molar-refractivity contribution in [2.45, 2.75) is 0 Å². The fourth-order valence-electron chi connectivity index (χ4n) is 4.84. The zero-order valence-electron chi connectivity index (χ0n) is 27.0. The molecule has 0 amide bonds. The van der Waals surface area contributed by atoms with Crippen molar-refractivity contribution in [3.05, 3.63) is 71.3 Å². The number of ether oxygens (including phenoxy) is 5. The number of carbonyl (C=O) groups is 3. The van der Waals surface area contributed by atoms with Crippen molar-refractivity contribution in [3.63, 3.8) is 0 Å². The summed E-state index contributed by atoms with van der Waals surface area (Å²) >= 11 is 0. The number of methoxy groups -OCH3 is 2. The van der Waals surface area contributed by atoms with Gasteiger partial charge in [-0.3, -0.25) is 8.61 Å². The highest BCUT2D eigenvalue weighted by Gasteiger charge is 2.27. The standard InChI is InChI=1S/C11H13NO5S.C10H11NO5S.C10H11NO3/c1-16-11(13)8-3-4-9-10(7-8)17-6-5-12(9)18(2,14)15;1-17(14,15)11-4-5-16-9-6-7(10(12)13)2-3-8(9)11;1-13-10(12)7-2-3-8-9(6-7)14-5-4-11-8/h3-4,7H,5-6H2,1-2H3;2-3,6H,4-5H2,1H3,(H,12,13);2-3,6,11H,4-5H2,1H3. The number of carboxylic acids is 1. The number of hydrogen-bond donors (Lipinski definition) is 2. The third-order valence-electron chi connectivity index (χ3n) is 7.11. The largest absolute Gasteiger partial charge is 0.490 e. The van der Waals surface area contributed by atoms with Crippen LogP contribution in [0.15, 0.2) is 54.6 Å². The highest BCUT2D eigenvalue weighted by Crippen LogP contribution is 2.35. The number of carbonyl (C=O) groups excluding carboxylic acids is 2. The molecule has 3 aromatic carbocycles. The maximum Gasteiger partial charge on any atom is 0.337 e. The second-order valence-corrected chi connectivity index (χ2v) is 14.3. The van der Waals surface area contributed by atoms with Crippen LogP contribution in [0.1, 0.15) is 31.1 Å². The number of anilines is 3. The lowest BCUT2D eigenvalue weighted by Gasteiger charge is -2.29. The molecule has 3 aliphatic heterocycles. The van der Waals surface area contributed by atoms with Crippen LogP contribution >= 0.6 is 0 Å². The molecule has 0 aromatic heterocycles. The molecule has 0 fully saturated rings. The van der Waals surface area contributed by atoms with Crippen molar-refractivity contribution < 1.29 is 60.0 Å². The Labute approximate surface area is 283 Å². The van der Waals surface area contributed by atoms with Crippen LogP contribution in [0.2, 0.25) is 0 Å². The third kappa shape index (κ3) is 9.02. The van der Waals surface area contributed by atoms with E-state index < -0.39 is 32.0 Å². The van der Waals surface area contributed by atoms with Crippen molar-refractivity contribution in [3.8, 4) is 17.2 Å². The fourth-order valence-corrected chi connectivity index (χ4v) is 6.66. The lowest BCUT2D eigenvalue weighted by molar-refractivity contribution is 0.0591. The van der Waals surface area contributed by atoms with Gasteiger partial charge in [0, 0.05) is 6.54 Å². The number of benzene rings is 3. The first-order valence-electron chi connectivity index (χ1n) is 14.5. The molecule has 0 unspecified atom stereocenters. The minimum absolute atomic E-state index is 0.0686. The number of fused-ring (bicyclic) bond motifs is 3. The Bertz CT molecular complexity index is 1950. The van der Waals surface area contributed by atoms with Crippen LogP contribution in [0.25, 0.3) is 0 Å². The summed E-state index contributed by atoms with van der Waals surface area (Å²) in [6.07, 6.45) is 2.24. The average molecular weight is 722 g/mol. The summed E-state index contributed by atoms with van der Waals surface area (Å²) in [6.45, 7) is 2.39. The number of aromatic carboxylic acids is 1. The van der Waals surface area contributed by atoms with Gasteiger partial charge in [-0.15, -0.1) is 0 Å². The Morgan fingerprint density at radius 1 is 0.673 bits per heavy atom. The first-order valence-corrected chi connectivity index (χ1v) is 18.2. The molecule has 6 rings (SSSR count). The molecule has 3 aromatic rings. The SMILES string of the molecule is COC(=O)c1ccc2c(c1)OCCN2.COC(=O)c1ccc2c(c1)OCCN2S(C)(=O)=O.CS(=O)(=O)N1CCOc2cc(C(=O)O)ccc21. The predicted molar refractivity (Wildman–Crippen MR) is 178 cm³/mol. The molecule has 3 aliphatic rings. The van der Waals surface area contributed by atoms with Crippen LogP contribution in [0.3, 0.4) is 0 Å². The smallest absolute Gasteiger partial charge is 0.337 e. The minimum Gasteiger partial charge on any atom is -0.490 e. The van der Waals surface area contributed by atoms with Gasteiger partial charge in [-0.05, 0) is 54.6 Å². The second-order valence-electron chi connectivity index (χ2n) is 10.5. The van der Waals surface area contributed by atoms with Crippen LogP contribution in [0.4, 0.5) is 17.1 Å². The van der Waals surface area contributed by atoms with Crippen LogP contribution < -0.4 is 28.1 Å². The fraction of sp³-hybridized carbons (Fsp3) is 0.323. The first kappa shape index (κ1) is 36.6. The maximum absolute atomic E-state index is 11.6. The molecule has 0 saturated heterocycles. The van der Waals surface area contributed by atoms with Gasteiger partial charge in [-0.1, -0.05) is 0 Å². The molecule has 0 atom stereocenters. The zero-order valence-corrected chi connectivity index (χ0v) is 28.6. The summed E-state index contributed by atoms with van der Waals surface area (Å²) in [7, 11) is -4.06. The number of hydrogen-bond acceptors (Lipinski definition) is 13. The first-order chi connectivity index (χ1) is 23.1. The average Bonchev–Trinajstić information content (AvgIpc) is 3.09. The molecule has 0 bridgehead atoms. The summed E-state index contributed by atoms with van der Waals surface area (Å²) in [4.78, 5) is 33.3. The normalized spacial score (nSPS) is 14.4. The number of carboxylic acid groups (broad SMARTS) is 1. The number of rotatable bonds is 5. The monoisotopic (exact) mass is 721 g/mol. The predicted octanol–water partition coefficient (Wildman–Crippen LogP) is 2.45. The maximum atomic E-state index is 11.6. The van der Waals surface area contributed by atoms with Crippen LogP contribution in [0.5, 0.6) is 17.2 Å². The lowest BCUT2D eigenvalue weighted by Crippen LogP contribution is -2.37. The number of nitrogens with one attached hydrogen (secondary N) is 1. The number of nitrogens with zero attached hydrogens (tertiary/aromatic N) is 2. The summed E-state index contributed by atoms with van der Waals surface area (Å²) in [5, 5.41) is 12.0. The lowest BCUT2D eigenvalue weighted by atomic mass is 10.2. The number of esters is 2. The molecule has 0 aliphatic carbocycles. The van der Waals surface area contributed by atoms with Crippen molar-refractivity contribution >= 4 is 55.0 Å². The summed E-state index contributed by atoms with van der Waals surface area (Å²) in [5.41, 5.74) is 2.64. The van der Waals surface area contributed by atoms with Gasteiger partial charge in [0.15, 0.2) is 0 Å². The van der Waals surface area contributed by atoms with Gasteiger partial charge in [0.1, 0.15) is 37.1 Å². The third-order valence-corrected chi connectivity index (χ3v) is 9.47. The molecule has 18 heteroatoms. The van der Waals surface area contributed by atoms with E-state index in [2.05, 4.69) is 14.8 Å². The molecule has 264 valence electrons. The highest BCUT2D eigenvalue weighted by molar-refractivity contribution is 7.92. The Hall–Kier alpha value is -5.23. The van der Waals surface area contributed by atoms with Gasteiger partial charge in [-0.2, -0.15) is 0 Å². The Morgan fingerprint density at radius 3 is 1.57 bits per heavy atom. The van der Waals surface area contributed by atoms with Crippen LogP contribution in [-0.4, -0.2) is 106 Å². The van der Waals surface area contributed by atoms with Gasteiger partial charge in [0.25, 0.3) is 0 Å². The van der Waals surface area contributed by atoms with E-state index in [1.165, 1.54) is 53.2 Å². The van der Waals surface area contributed by atoms with E-state index >= 15 is 0 Å². The minimum atomic E-state index is -3.37. The molecule has 0 saturated carbocycles. The van der Waals surface area contributed by atoms with E-state index in [-0.39, 0.29) is 43.6 Å². The van der Waals surface area contributed by atoms with E-state index in [0.29, 0.717) is 40.6 Å². The summed E-state index contributed by atoms with van der Waals surface area (Å²) in [6, 6.07) is 13.9. The topological polar surface area (TPSA) is 204 Å². The van der Waals surface area contributed by atoms with Gasteiger partial charge in [0.05, 0.1) is 73.6 Å². The molecular formula is C31H35N3O13S2. The Kier molecular flexibility index (Phi) is 11.5. The second kappa shape index (κ2) is 15.3. The molecule has 49 heavy (non-hydrogen) atoms. The Balaban J connectivity index is 0.000000167. The van der Waals surface area contributed by atoms with Crippen molar-refractivity contribution in [2.75, 3.05) is 80.1 Å². The molecule has 16 nitrogen and oxygen atoms in total. The van der Waals surface area contributed by atoms with E-state index in [1.54, 1.807) is 18.2 Å². The van der Waals surface area contributed by atoms with Crippen LogP contribution in [-0.2, 0) is 29.5 Å². The zero-order chi connectivity index (χ0) is 35.9. The molecule has 0 spiro atoms. The van der Waals surface area contributed by atoms with E-state index in [9.17, 15) is 31.2 Å². The van der Waals surface area contributed by atoms with E-state index in [0.717, 1.165) is 24.7 Å². The van der Waals surface area contributed by atoms with Crippen molar-refractivity contribution in [1.29, 1.82) is 0 Å². The van der Waals surface area contributed by atoms with Gasteiger partial charge in [-0.25, -0.2) is 31.2 Å². The van der Waals surface area contributed by atoms with E-state index in [4.69, 9.17) is 19.3 Å². The summed E-state index contributed by atoms with van der Waals surface area (Å²) < 4.78 is 73.9. The molecule has 2 N–H and O–H groups in total. The highest BCUT2D eigenvalue weighted by atomic mass is 32.2. The molecular weight excluding hydrogens is 686 g/mol. The van der Waals surface area contributed by atoms with Crippen molar-refractivity contribution in [2.24, 2.45) is 0 Å². The summed E-state index contributed by atoms with van der Waals surface area (Å²) in [5.74, 6) is -0.553. The van der Waals surface area contributed by atoms with Crippen LogP contribution in [0, 0.1) is 0 Å². The quantitative estimate of drug-likeness (QED) is 0.364. The van der Waals surface area contributed by atoms with Crippen molar-refractivity contribution in [1.82, 2.24) is 0 Å². The number of sulfonamides is 2. The van der Waals surface area contributed by atoms with E-state index in [1.807, 2.05) is 6.07 Å². The molecule has 3 heterocycles. The molecule has 0 radical (unpaired) electrons. The van der Waals surface area contributed by atoms with Gasteiger partial charge >= 0.3 is 17.9 Å².